The third kappa shape index (κ3) is 2.82. The maximum atomic E-state index is 9.99. The SMILES string of the molecule is C=C(C#N)[C@@H](O)c1cc(-c2ccccc2)cnc1Cl. The molecule has 2 aromatic rings. The molecule has 0 radical (unpaired) electrons. The highest BCUT2D eigenvalue weighted by Gasteiger charge is 2.16. The van der Waals surface area contributed by atoms with Crippen molar-refractivity contribution in [3.8, 4) is 17.2 Å². The van der Waals surface area contributed by atoms with Crippen LogP contribution in [0.3, 0.4) is 0 Å². The lowest BCUT2D eigenvalue weighted by atomic mass is 10.0. The Kier molecular flexibility index (Phi) is 3.96. The lowest BCUT2D eigenvalue weighted by Gasteiger charge is -2.12. The summed E-state index contributed by atoms with van der Waals surface area (Å²) in [6.07, 6.45) is 0.497. The van der Waals surface area contributed by atoms with Crippen molar-refractivity contribution in [2.24, 2.45) is 0 Å². The number of hydrogen-bond donors (Lipinski definition) is 1. The highest BCUT2D eigenvalue weighted by molar-refractivity contribution is 6.30. The van der Waals surface area contributed by atoms with Gasteiger partial charge in [-0.3, -0.25) is 0 Å². The summed E-state index contributed by atoms with van der Waals surface area (Å²) in [7, 11) is 0. The fraction of sp³-hybridized carbons (Fsp3) is 0.0667. The number of benzene rings is 1. The fourth-order valence-electron chi connectivity index (χ4n) is 1.69. The van der Waals surface area contributed by atoms with E-state index in [-0.39, 0.29) is 10.7 Å². The highest BCUT2D eigenvalue weighted by Crippen LogP contribution is 2.29. The summed E-state index contributed by atoms with van der Waals surface area (Å²) < 4.78 is 0. The van der Waals surface area contributed by atoms with E-state index in [2.05, 4.69) is 11.6 Å². The van der Waals surface area contributed by atoms with Gasteiger partial charge in [-0.15, -0.1) is 0 Å². The van der Waals surface area contributed by atoms with Gasteiger partial charge >= 0.3 is 0 Å². The number of halogens is 1. The van der Waals surface area contributed by atoms with Crippen LogP contribution in [-0.4, -0.2) is 10.1 Å². The Bertz CT molecular complexity index is 647. The minimum atomic E-state index is -1.13. The van der Waals surface area contributed by atoms with E-state index in [1.807, 2.05) is 36.4 Å². The van der Waals surface area contributed by atoms with Gasteiger partial charge in [-0.2, -0.15) is 5.26 Å². The molecule has 0 fully saturated rings. The Morgan fingerprint density at radius 2 is 2.00 bits per heavy atom. The molecule has 0 aliphatic carbocycles. The van der Waals surface area contributed by atoms with E-state index in [0.29, 0.717) is 5.56 Å². The van der Waals surface area contributed by atoms with Gasteiger partial charge in [0.15, 0.2) is 0 Å². The second-order valence-electron chi connectivity index (χ2n) is 4.01. The molecule has 0 saturated carbocycles. The Labute approximate surface area is 116 Å². The minimum absolute atomic E-state index is 0.0360. The van der Waals surface area contributed by atoms with Crippen LogP contribution in [0, 0.1) is 11.3 Å². The van der Waals surface area contributed by atoms with Crippen molar-refractivity contribution in [2.45, 2.75) is 6.10 Å². The lowest BCUT2D eigenvalue weighted by molar-refractivity contribution is 0.221. The normalized spacial score (nSPS) is 11.6. The molecular weight excluding hydrogens is 260 g/mol. The predicted molar refractivity (Wildman–Crippen MR) is 74.4 cm³/mol. The molecule has 1 atom stereocenters. The summed E-state index contributed by atoms with van der Waals surface area (Å²) >= 11 is 5.96. The zero-order valence-corrected chi connectivity index (χ0v) is 10.8. The van der Waals surface area contributed by atoms with Crippen molar-refractivity contribution in [2.75, 3.05) is 0 Å². The molecule has 0 unspecified atom stereocenters. The Morgan fingerprint density at radius 3 is 2.63 bits per heavy atom. The van der Waals surface area contributed by atoms with Gasteiger partial charge in [0.1, 0.15) is 11.3 Å². The van der Waals surface area contributed by atoms with Crippen molar-refractivity contribution in [1.29, 1.82) is 5.26 Å². The summed E-state index contributed by atoms with van der Waals surface area (Å²) in [4.78, 5) is 4.05. The lowest BCUT2D eigenvalue weighted by Crippen LogP contribution is -2.01. The first-order valence-corrected chi connectivity index (χ1v) is 5.99. The summed E-state index contributed by atoms with van der Waals surface area (Å²) in [5.41, 5.74) is 2.20. The molecule has 1 N–H and O–H groups in total. The van der Waals surface area contributed by atoms with Crippen LogP contribution in [0.2, 0.25) is 5.15 Å². The average Bonchev–Trinajstić information content (AvgIpc) is 2.47. The van der Waals surface area contributed by atoms with Crippen LogP contribution < -0.4 is 0 Å². The first kappa shape index (κ1) is 13.3. The number of rotatable bonds is 3. The quantitative estimate of drug-likeness (QED) is 0.686. The standard InChI is InChI=1S/C15H11ClN2O/c1-10(8-17)14(19)13-7-12(9-18-15(13)16)11-5-3-2-4-6-11/h2-7,9,14,19H,1H2/t14-/m1/s1. The van der Waals surface area contributed by atoms with Crippen LogP contribution in [0.15, 0.2) is 54.7 Å². The van der Waals surface area contributed by atoms with Gasteiger partial charge < -0.3 is 5.11 Å². The van der Waals surface area contributed by atoms with Crippen molar-refractivity contribution >= 4 is 11.6 Å². The third-order valence-corrected chi connectivity index (χ3v) is 3.06. The molecule has 0 aliphatic heterocycles. The largest absolute Gasteiger partial charge is 0.383 e. The predicted octanol–water partition coefficient (Wildman–Crippen LogP) is 3.52. The second kappa shape index (κ2) is 5.66. The molecule has 3 nitrogen and oxygen atoms in total. The van der Waals surface area contributed by atoms with Crippen molar-refractivity contribution < 1.29 is 5.11 Å². The van der Waals surface area contributed by atoms with E-state index in [4.69, 9.17) is 16.9 Å². The summed E-state index contributed by atoms with van der Waals surface area (Å²) in [6.45, 7) is 3.50. The van der Waals surface area contributed by atoms with Crippen LogP contribution in [0.4, 0.5) is 0 Å². The van der Waals surface area contributed by atoms with Crippen LogP contribution >= 0.6 is 11.6 Å². The molecule has 0 bridgehead atoms. The highest BCUT2D eigenvalue weighted by atomic mass is 35.5. The van der Waals surface area contributed by atoms with Gasteiger partial charge in [0.2, 0.25) is 0 Å². The van der Waals surface area contributed by atoms with Gasteiger partial charge in [-0.1, -0.05) is 48.5 Å². The van der Waals surface area contributed by atoms with Crippen LogP contribution in [-0.2, 0) is 0 Å². The maximum Gasteiger partial charge on any atom is 0.135 e. The number of nitriles is 1. The van der Waals surface area contributed by atoms with Crippen molar-refractivity contribution in [1.82, 2.24) is 4.98 Å². The first-order valence-electron chi connectivity index (χ1n) is 5.61. The van der Waals surface area contributed by atoms with Crippen molar-refractivity contribution in [3.05, 3.63) is 65.5 Å². The van der Waals surface area contributed by atoms with Gasteiger partial charge in [0.05, 0.1) is 11.6 Å². The molecule has 0 aliphatic rings. The molecule has 0 saturated heterocycles. The molecule has 94 valence electrons. The Hall–Kier alpha value is -2.15. The van der Waals surface area contributed by atoms with Crippen molar-refractivity contribution in [3.63, 3.8) is 0 Å². The van der Waals surface area contributed by atoms with E-state index in [9.17, 15) is 5.11 Å². The third-order valence-electron chi connectivity index (χ3n) is 2.74. The van der Waals surface area contributed by atoms with Crippen LogP contribution in [0.1, 0.15) is 11.7 Å². The van der Waals surface area contributed by atoms with E-state index < -0.39 is 6.10 Å². The number of aliphatic hydroxyl groups is 1. The zero-order valence-electron chi connectivity index (χ0n) is 10.0. The zero-order chi connectivity index (χ0) is 13.8. The number of aliphatic hydroxyl groups excluding tert-OH is 1. The van der Waals surface area contributed by atoms with Gasteiger partial charge in [-0.05, 0) is 11.6 Å². The number of pyridine rings is 1. The summed E-state index contributed by atoms with van der Waals surface area (Å²) in [5, 5.41) is 18.9. The Balaban J connectivity index is 2.47. The number of hydrogen-bond acceptors (Lipinski definition) is 3. The molecule has 19 heavy (non-hydrogen) atoms. The van der Waals surface area contributed by atoms with Gasteiger partial charge in [0, 0.05) is 17.3 Å². The number of aromatic nitrogens is 1. The van der Waals surface area contributed by atoms with Gasteiger partial charge in [-0.25, -0.2) is 4.98 Å². The fourth-order valence-corrected chi connectivity index (χ4v) is 1.90. The first-order chi connectivity index (χ1) is 9.13. The molecule has 0 spiro atoms. The van der Waals surface area contributed by atoms with E-state index in [0.717, 1.165) is 11.1 Å². The molecule has 1 aromatic heterocycles. The van der Waals surface area contributed by atoms with E-state index in [1.165, 1.54) is 0 Å². The van der Waals surface area contributed by atoms with E-state index in [1.54, 1.807) is 12.3 Å². The second-order valence-corrected chi connectivity index (χ2v) is 4.37. The van der Waals surface area contributed by atoms with E-state index >= 15 is 0 Å². The summed E-state index contributed by atoms with van der Waals surface area (Å²) in [5.74, 6) is 0. The maximum absolute atomic E-state index is 9.99. The number of nitrogens with zero attached hydrogens (tertiary/aromatic N) is 2. The van der Waals surface area contributed by atoms with Gasteiger partial charge in [0.25, 0.3) is 0 Å². The van der Waals surface area contributed by atoms with Crippen LogP contribution in [0.25, 0.3) is 11.1 Å². The molecule has 4 heteroatoms. The summed E-state index contributed by atoms with van der Waals surface area (Å²) in [6, 6.07) is 13.1. The monoisotopic (exact) mass is 270 g/mol. The average molecular weight is 271 g/mol. The smallest absolute Gasteiger partial charge is 0.135 e. The Morgan fingerprint density at radius 1 is 1.32 bits per heavy atom. The molecular formula is C15H11ClN2O. The van der Waals surface area contributed by atoms with Crippen LogP contribution in [0.5, 0.6) is 0 Å². The topological polar surface area (TPSA) is 56.9 Å². The molecule has 2 rings (SSSR count). The molecule has 1 aromatic carbocycles. The minimum Gasteiger partial charge on any atom is -0.383 e. The molecule has 1 heterocycles. The molecule has 0 amide bonds.